The summed E-state index contributed by atoms with van der Waals surface area (Å²) < 4.78 is 14.2. The van der Waals surface area contributed by atoms with Crippen LogP contribution in [-0.4, -0.2) is 42.8 Å². The fourth-order valence-electron chi connectivity index (χ4n) is 8.84. The zero-order valence-corrected chi connectivity index (χ0v) is 30.9. The van der Waals surface area contributed by atoms with Crippen LogP contribution in [0.1, 0.15) is 31.2 Å². The number of nitrogens with zero attached hydrogens (tertiary/aromatic N) is 5. The van der Waals surface area contributed by atoms with E-state index in [2.05, 4.69) is 10.2 Å². The van der Waals surface area contributed by atoms with E-state index in [1.807, 2.05) is 49.3 Å². The van der Waals surface area contributed by atoms with E-state index in [1.54, 1.807) is 37.3 Å². The van der Waals surface area contributed by atoms with Crippen LogP contribution in [0.5, 0.6) is 5.75 Å². The first-order valence-electron chi connectivity index (χ1n) is 17.5. The van der Waals surface area contributed by atoms with Crippen molar-refractivity contribution in [1.29, 1.82) is 0 Å². The number of aromatic hydroxyl groups is 1. The summed E-state index contributed by atoms with van der Waals surface area (Å²) in [7, 11) is 3.90. The van der Waals surface area contributed by atoms with Crippen molar-refractivity contribution < 1.29 is 28.7 Å². The first-order chi connectivity index (χ1) is 25.8. The molecule has 54 heavy (non-hydrogen) atoms. The number of halogens is 3. The molecule has 2 aliphatic heterocycles. The fourth-order valence-corrected chi connectivity index (χ4v) is 9.20. The van der Waals surface area contributed by atoms with Crippen molar-refractivity contribution in [2.24, 2.45) is 39.3 Å². The lowest BCUT2D eigenvalue weighted by Gasteiger charge is -2.49. The number of anilines is 3. The van der Waals surface area contributed by atoms with Gasteiger partial charge < -0.3 is 10.0 Å². The van der Waals surface area contributed by atoms with Gasteiger partial charge in [-0.1, -0.05) is 34.9 Å². The molecule has 0 spiro atoms. The van der Waals surface area contributed by atoms with Crippen molar-refractivity contribution in [3.8, 4) is 5.75 Å². The molecule has 8 rings (SSSR count). The van der Waals surface area contributed by atoms with Crippen LogP contribution in [0, 0.1) is 34.9 Å². The molecule has 1 N–H and O–H groups in total. The Labute approximate surface area is 320 Å². The minimum Gasteiger partial charge on any atom is -0.508 e. The molecule has 3 unspecified atom stereocenters. The molecule has 0 aromatic heterocycles. The number of allylic oxidation sites excluding steroid dienone is 2. The average molecular weight is 767 g/mol. The van der Waals surface area contributed by atoms with Crippen molar-refractivity contribution >= 4 is 75.3 Å². The highest BCUT2D eigenvalue weighted by molar-refractivity contribution is 6.32. The van der Waals surface area contributed by atoms with Crippen molar-refractivity contribution in [1.82, 2.24) is 0 Å². The lowest BCUT2D eigenvalue weighted by Crippen LogP contribution is -2.48. The van der Waals surface area contributed by atoms with Gasteiger partial charge in [0.05, 0.1) is 50.9 Å². The second-order valence-corrected chi connectivity index (χ2v) is 15.4. The first-order valence-corrected chi connectivity index (χ1v) is 18.2. The summed E-state index contributed by atoms with van der Waals surface area (Å²) in [6.07, 6.45) is 2.20. The van der Waals surface area contributed by atoms with E-state index in [0.717, 1.165) is 16.7 Å². The monoisotopic (exact) mass is 765 g/mol. The zero-order chi connectivity index (χ0) is 38.2. The summed E-state index contributed by atoms with van der Waals surface area (Å²) in [5.74, 6) is -6.67. The number of rotatable bonds is 6. The minimum absolute atomic E-state index is 0.0963. The van der Waals surface area contributed by atoms with Gasteiger partial charge in [-0.25, -0.2) is 9.29 Å². The van der Waals surface area contributed by atoms with E-state index in [0.29, 0.717) is 33.2 Å². The quantitative estimate of drug-likeness (QED) is 0.119. The maximum atomic E-state index is 14.6. The lowest BCUT2D eigenvalue weighted by molar-refractivity contribution is -0.131. The molecule has 4 amide bonds. The van der Waals surface area contributed by atoms with Crippen molar-refractivity contribution in [2.45, 2.75) is 25.7 Å². The van der Waals surface area contributed by atoms with E-state index < -0.39 is 58.5 Å². The second-order valence-electron chi connectivity index (χ2n) is 14.6. The first kappa shape index (κ1) is 35.6. The van der Waals surface area contributed by atoms with E-state index in [4.69, 9.17) is 23.2 Å². The summed E-state index contributed by atoms with van der Waals surface area (Å²) >= 11 is 12.5. The van der Waals surface area contributed by atoms with Crippen LogP contribution in [0.4, 0.5) is 32.8 Å². The molecule has 0 radical (unpaired) electrons. The molecule has 13 heteroatoms. The van der Waals surface area contributed by atoms with Crippen LogP contribution in [-0.2, 0) is 19.2 Å². The van der Waals surface area contributed by atoms with Gasteiger partial charge in [-0.2, -0.15) is 10.2 Å². The van der Waals surface area contributed by atoms with Gasteiger partial charge in [-0.15, -0.1) is 0 Å². The van der Waals surface area contributed by atoms with Gasteiger partial charge >= 0.3 is 0 Å². The summed E-state index contributed by atoms with van der Waals surface area (Å²) in [5.41, 5.74) is 2.30. The van der Waals surface area contributed by atoms with Gasteiger partial charge in [-0.3, -0.25) is 24.1 Å². The van der Waals surface area contributed by atoms with Crippen molar-refractivity contribution in [2.75, 3.05) is 28.8 Å². The normalized spacial score (nSPS) is 26.3. The van der Waals surface area contributed by atoms with Crippen molar-refractivity contribution in [3.05, 3.63) is 118 Å². The number of benzene rings is 4. The van der Waals surface area contributed by atoms with Gasteiger partial charge in [0, 0.05) is 36.3 Å². The number of hydrogen-bond acceptors (Lipinski definition) is 8. The number of hydrogen-bond donors (Lipinski definition) is 1. The average Bonchev–Trinajstić information content (AvgIpc) is 3.52. The molecule has 0 bridgehead atoms. The highest BCUT2D eigenvalue weighted by Gasteiger charge is 2.68. The number of phenolic OH excluding ortho intramolecular Hbond substituents is 1. The Bertz CT molecular complexity index is 2310. The standard InChI is InChI=1S/C41H34Cl2FN5O5/c1-41-31(38(52)49(40(41)54)26-13-16-33(44)32(43)19-26)20-29-27(36(41)30-18-21(42)4-17-34(30)50)14-15-28-35(29)39(53)48(37(28)51)25-11-7-23(8-12-25)46-45-22-5-9-24(10-6-22)47(2)3/h4-14,16-19,28-29,31,35-36,50H,15,20H2,1-3H3/b46-45+/t28-,29+,31?,35-,36?,41?/m0/s1. The lowest BCUT2D eigenvalue weighted by atomic mass is 9.51. The predicted molar refractivity (Wildman–Crippen MR) is 203 cm³/mol. The Balaban J connectivity index is 1.14. The third-order valence-electron chi connectivity index (χ3n) is 11.5. The van der Waals surface area contributed by atoms with Crippen LogP contribution in [0.15, 0.2) is 107 Å². The maximum Gasteiger partial charge on any atom is 0.241 e. The van der Waals surface area contributed by atoms with Crippen LogP contribution in [0.3, 0.4) is 0 Å². The third kappa shape index (κ3) is 5.51. The molecule has 4 aliphatic rings. The van der Waals surface area contributed by atoms with Gasteiger partial charge in [0.25, 0.3) is 0 Å². The SMILES string of the molecule is CN(C)c1ccc(/N=N/c2ccc(N3C(=O)[C@H]4[C@H](CC=C5C(c6cc(Cl)ccc6O)C6(C)C(=O)N(c7ccc(F)c(Cl)c7)C(=O)C6C[C@H]54)C3=O)cc2)cc1. The Morgan fingerprint density at radius 1 is 0.796 bits per heavy atom. The van der Waals surface area contributed by atoms with Gasteiger partial charge in [0.15, 0.2) is 0 Å². The highest BCUT2D eigenvalue weighted by Crippen LogP contribution is 2.64. The molecule has 2 aliphatic carbocycles. The van der Waals surface area contributed by atoms with E-state index >= 15 is 0 Å². The largest absolute Gasteiger partial charge is 0.508 e. The number of phenols is 1. The molecule has 6 atom stereocenters. The second kappa shape index (κ2) is 13.2. The number of carbonyl (C=O) groups is 4. The number of imide groups is 2. The summed E-state index contributed by atoms with van der Waals surface area (Å²) in [6.45, 7) is 1.68. The van der Waals surface area contributed by atoms with Gasteiger partial charge in [0.2, 0.25) is 23.6 Å². The molecular weight excluding hydrogens is 732 g/mol. The predicted octanol–water partition coefficient (Wildman–Crippen LogP) is 8.75. The van der Waals surface area contributed by atoms with Gasteiger partial charge in [0.1, 0.15) is 11.6 Å². The van der Waals surface area contributed by atoms with Crippen molar-refractivity contribution in [3.63, 3.8) is 0 Å². The van der Waals surface area contributed by atoms with E-state index in [9.17, 15) is 28.7 Å². The van der Waals surface area contributed by atoms with Crippen LogP contribution >= 0.6 is 23.2 Å². The number of amides is 4. The number of fused-ring (bicyclic) bond motifs is 4. The molecule has 1 saturated carbocycles. The fraction of sp³-hybridized carbons (Fsp3) is 0.268. The Morgan fingerprint density at radius 2 is 1.44 bits per heavy atom. The third-order valence-corrected chi connectivity index (χ3v) is 12.0. The molecule has 10 nitrogen and oxygen atoms in total. The number of carbonyl (C=O) groups excluding carboxylic acids is 4. The van der Waals surface area contributed by atoms with Gasteiger partial charge in [-0.05, 0) is 111 Å². The van der Waals surface area contributed by atoms with Crippen LogP contribution in [0.25, 0.3) is 0 Å². The Morgan fingerprint density at radius 3 is 2.09 bits per heavy atom. The zero-order valence-electron chi connectivity index (χ0n) is 29.4. The molecule has 2 heterocycles. The summed E-state index contributed by atoms with van der Waals surface area (Å²) in [5, 5.41) is 19.9. The molecule has 274 valence electrons. The van der Waals surface area contributed by atoms with E-state index in [1.165, 1.54) is 29.2 Å². The molecule has 2 saturated heterocycles. The molecule has 4 aromatic carbocycles. The van der Waals surface area contributed by atoms with Crippen LogP contribution in [0.2, 0.25) is 10.0 Å². The van der Waals surface area contributed by atoms with Crippen LogP contribution < -0.4 is 14.7 Å². The highest BCUT2D eigenvalue weighted by atomic mass is 35.5. The minimum atomic E-state index is -1.43. The molecular formula is C41H34Cl2FN5O5. The Hall–Kier alpha value is -5.39. The summed E-state index contributed by atoms with van der Waals surface area (Å²) in [4.78, 5) is 61.7. The molecule has 4 aromatic rings. The van der Waals surface area contributed by atoms with E-state index in [-0.39, 0.29) is 35.2 Å². The maximum absolute atomic E-state index is 14.6. The molecule has 3 fully saturated rings. The summed E-state index contributed by atoms with van der Waals surface area (Å²) in [6, 6.07) is 22.4. The topological polar surface area (TPSA) is 123 Å². The Kier molecular flexibility index (Phi) is 8.69. The smallest absolute Gasteiger partial charge is 0.241 e. The number of azo groups is 1.